The Morgan fingerprint density at radius 1 is 1.41 bits per heavy atom. The lowest BCUT2D eigenvalue weighted by Gasteiger charge is -2.58. The topological polar surface area (TPSA) is 50.5 Å². The largest absolute Gasteiger partial charge is 0.394 e. The first-order chi connectivity index (χ1) is 10.4. The molecule has 124 valence electrons. The molecule has 1 saturated heterocycles. The molecule has 1 saturated carbocycles. The van der Waals surface area contributed by atoms with Crippen LogP contribution in [0.25, 0.3) is 0 Å². The number of hydrogen-bond donors (Lipinski definition) is 1. The van der Waals surface area contributed by atoms with Crippen LogP contribution in [0.3, 0.4) is 0 Å². The third-order valence-electron chi connectivity index (χ3n) is 5.76. The minimum absolute atomic E-state index is 0.133. The molecule has 3 unspecified atom stereocenters. The van der Waals surface area contributed by atoms with Crippen LogP contribution in [0, 0.1) is 25.2 Å². The van der Waals surface area contributed by atoms with Gasteiger partial charge in [-0.3, -0.25) is 9.58 Å². The van der Waals surface area contributed by atoms with E-state index in [1.54, 1.807) is 0 Å². The zero-order valence-electron chi connectivity index (χ0n) is 14.5. The Kier molecular flexibility index (Phi) is 4.08. The second kappa shape index (κ2) is 5.62. The van der Waals surface area contributed by atoms with Crippen LogP contribution in [0.1, 0.15) is 37.2 Å². The highest BCUT2D eigenvalue weighted by atomic mass is 16.5. The molecular weight excluding hydrogens is 278 g/mol. The Hall–Kier alpha value is -0.910. The van der Waals surface area contributed by atoms with Crippen molar-refractivity contribution in [1.82, 2.24) is 14.7 Å². The first kappa shape index (κ1) is 16.0. The van der Waals surface area contributed by atoms with Gasteiger partial charge in [0.1, 0.15) is 0 Å². The van der Waals surface area contributed by atoms with Crippen LogP contribution in [-0.4, -0.2) is 52.2 Å². The fourth-order valence-corrected chi connectivity index (χ4v) is 4.82. The van der Waals surface area contributed by atoms with Crippen LogP contribution in [0.15, 0.2) is 0 Å². The van der Waals surface area contributed by atoms with E-state index in [2.05, 4.69) is 44.7 Å². The normalized spacial score (nSPS) is 29.7. The molecule has 1 N–H and O–H groups in total. The van der Waals surface area contributed by atoms with Crippen LogP contribution in [0.5, 0.6) is 0 Å². The lowest BCUT2D eigenvalue weighted by molar-refractivity contribution is -0.151. The molecule has 0 spiro atoms. The molecule has 0 aromatic carbocycles. The van der Waals surface area contributed by atoms with Crippen molar-refractivity contribution in [2.75, 3.05) is 20.3 Å². The van der Waals surface area contributed by atoms with Crippen LogP contribution in [0.4, 0.5) is 0 Å². The summed E-state index contributed by atoms with van der Waals surface area (Å²) in [6.07, 6.45) is 1.62. The molecule has 0 amide bonds. The number of aliphatic hydroxyl groups is 1. The summed E-state index contributed by atoms with van der Waals surface area (Å²) >= 11 is 0. The number of ether oxygens (including phenoxy) is 1. The van der Waals surface area contributed by atoms with E-state index in [4.69, 9.17) is 9.84 Å². The van der Waals surface area contributed by atoms with Crippen LogP contribution < -0.4 is 0 Å². The molecule has 1 aromatic rings. The Labute approximate surface area is 133 Å². The average molecular weight is 307 g/mol. The summed E-state index contributed by atoms with van der Waals surface area (Å²) in [7, 11) is 2.23. The fraction of sp³-hybridized carbons (Fsp3) is 0.824. The molecule has 2 heterocycles. The predicted octanol–water partition coefficient (Wildman–Crippen LogP) is 1.74. The lowest BCUT2D eigenvalue weighted by atomic mass is 9.57. The maximum atomic E-state index is 9.15. The second-order valence-electron chi connectivity index (χ2n) is 7.52. The van der Waals surface area contributed by atoms with Crippen molar-refractivity contribution in [3.63, 3.8) is 0 Å². The standard InChI is InChI=1S/C17H29N3O2/c1-11-14(12(2)20(18-11)7-8-21)10-19(5)15-13-6-9-22-16(13)17(15,3)4/h13,15-16,21H,6-10H2,1-5H3. The molecule has 1 aliphatic heterocycles. The summed E-state index contributed by atoms with van der Waals surface area (Å²) in [6.45, 7) is 11.4. The van der Waals surface area contributed by atoms with Gasteiger partial charge in [0.25, 0.3) is 0 Å². The highest BCUT2D eigenvalue weighted by Gasteiger charge is 2.60. The number of rotatable bonds is 5. The third kappa shape index (κ3) is 2.30. The first-order valence-electron chi connectivity index (χ1n) is 8.33. The van der Waals surface area contributed by atoms with Gasteiger partial charge in [-0.15, -0.1) is 0 Å². The Morgan fingerprint density at radius 2 is 2.14 bits per heavy atom. The maximum Gasteiger partial charge on any atom is 0.0685 e. The molecule has 3 atom stereocenters. The van der Waals surface area contributed by atoms with E-state index in [-0.39, 0.29) is 12.0 Å². The molecule has 2 fully saturated rings. The van der Waals surface area contributed by atoms with Crippen molar-refractivity contribution in [2.24, 2.45) is 11.3 Å². The van der Waals surface area contributed by atoms with Gasteiger partial charge >= 0.3 is 0 Å². The van der Waals surface area contributed by atoms with Gasteiger partial charge in [-0.25, -0.2) is 0 Å². The highest BCUT2D eigenvalue weighted by molar-refractivity contribution is 5.25. The van der Waals surface area contributed by atoms with Crippen molar-refractivity contribution in [1.29, 1.82) is 0 Å². The summed E-state index contributed by atoms with van der Waals surface area (Å²) in [5.41, 5.74) is 3.77. The zero-order chi connectivity index (χ0) is 16.1. The molecule has 0 bridgehead atoms. The van der Waals surface area contributed by atoms with Gasteiger partial charge in [-0.05, 0) is 27.3 Å². The highest BCUT2D eigenvalue weighted by Crippen LogP contribution is 2.54. The molecule has 0 radical (unpaired) electrons. The van der Waals surface area contributed by atoms with Crippen molar-refractivity contribution in [3.05, 3.63) is 17.0 Å². The van der Waals surface area contributed by atoms with Gasteiger partial charge in [0.15, 0.2) is 0 Å². The number of aromatic nitrogens is 2. The molecule has 5 heteroatoms. The van der Waals surface area contributed by atoms with Gasteiger partial charge in [0, 0.05) is 41.8 Å². The molecule has 5 nitrogen and oxygen atoms in total. The van der Waals surface area contributed by atoms with E-state index in [0.29, 0.717) is 24.6 Å². The fourth-order valence-electron chi connectivity index (χ4n) is 4.82. The summed E-state index contributed by atoms with van der Waals surface area (Å²) in [6, 6.07) is 0.569. The minimum atomic E-state index is 0.133. The molecule has 1 aliphatic carbocycles. The Balaban J connectivity index is 1.76. The molecule has 3 rings (SSSR count). The first-order valence-corrected chi connectivity index (χ1v) is 8.33. The van der Waals surface area contributed by atoms with Crippen LogP contribution in [-0.2, 0) is 17.8 Å². The Bertz CT molecular complexity index is 552. The third-order valence-corrected chi connectivity index (χ3v) is 5.76. The number of nitrogens with zero attached hydrogens (tertiary/aromatic N) is 3. The smallest absolute Gasteiger partial charge is 0.0685 e. The lowest BCUT2D eigenvalue weighted by Crippen LogP contribution is -2.65. The van der Waals surface area contributed by atoms with E-state index in [9.17, 15) is 0 Å². The van der Waals surface area contributed by atoms with Gasteiger partial charge in [-0.2, -0.15) is 5.10 Å². The van der Waals surface area contributed by atoms with Crippen molar-refractivity contribution in [2.45, 2.75) is 59.4 Å². The van der Waals surface area contributed by atoms with E-state index < -0.39 is 0 Å². The molecule has 22 heavy (non-hydrogen) atoms. The van der Waals surface area contributed by atoms with Gasteiger partial charge < -0.3 is 9.84 Å². The predicted molar refractivity (Wildman–Crippen MR) is 85.7 cm³/mol. The number of aryl methyl sites for hydroxylation is 1. The molecule has 1 aromatic heterocycles. The number of aliphatic hydroxyl groups excluding tert-OH is 1. The van der Waals surface area contributed by atoms with Gasteiger partial charge in [0.2, 0.25) is 0 Å². The zero-order valence-corrected chi connectivity index (χ0v) is 14.5. The van der Waals surface area contributed by atoms with E-state index in [0.717, 1.165) is 18.8 Å². The Morgan fingerprint density at radius 3 is 2.82 bits per heavy atom. The maximum absolute atomic E-state index is 9.15. The quantitative estimate of drug-likeness (QED) is 0.900. The molecular formula is C17H29N3O2. The van der Waals surface area contributed by atoms with E-state index in [1.165, 1.54) is 17.7 Å². The van der Waals surface area contributed by atoms with Crippen molar-refractivity contribution >= 4 is 0 Å². The van der Waals surface area contributed by atoms with Crippen LogP contribution >= 0.6 is 0 Å². The molecule has 2 aliphatic rings. The van der Waals surface area contributed by atoms with Crippen LogP contribution in [0.2, 0.25) is 0 Å². The number of hydrogen-bond acceptors (Lipinski definition) is 4. The SMILES string of the molecule is Cc1nn(CCO)c(C)c1CN(C)C1C2CCOC2C1(C)C. The van der Waals surface area contributed by atoms with Crippen molar-refractivity contribution < 1.29 is 9.84 Å². The number of fused-ring (bicyclic) bond motifs is 1. The van der Waals surface area contributed by atoms with Gasteiger partial charge in [0.05, 0.1) is 24.9 Å². The summed E-state index contributed by atoms with van der Waals surface area (Å²) < 4.78 is 7.83. The summed E-state index contributed by atoms with van der Waals surface area (Å²) in [5, 5.41) is 13.7. The van der Waals surface area contributed by atoms with E-state index >= 15 is 0 Å². The second-order valence-corrected chi connectivity index (χ2v) is 7.52. The summed E-state index contributed by atoms with van der Waals surface area (Å²) in [5.74, 6) is 0.674. The van der Waals surface area contributed by atoms with Gasteiger partial charge in [-0.1, -0.05) is 13.8 Å². The minimum Gasteiger partial charge on any atom is -0.394 e. The van der Waals surface area contributed by atoms with E-state index in [1.807, 2.05) is 4.68 Å². The summed E-state index contributed by atoms with van der Waals surface area (Å²) in [4.78, 5) is 2.48. The average Bonchev–Trinajstić information content (AvgIpc) is 2.98. The van der Waals surface area contributed by atoms with Crippen molar-refractivity contribution in [3.8, 4) is 0 Å². The monoisotopic (exact) mass is 307 g/mol.